The fourth-order valence-corrected chi connectivity index (χ4v) is 2.56. The van der Waals surface area contributed by atoms with Gasteiger partial charge in [-0.05, 0) is 19.8 Å². The van der Waals surface area contributed by atoms with E-state index in [1.165, 1.54) is 7.05 Å². The highest BCUT2D eigenvalue weighted by Crippen LogP contribution is 2.16. The van der Waals surface area contributed by atoms with Crippen LogP contribution in [0.5, 0.6) is 0 Å². The number of nitrogens with zero attached hydrogens (tertiary/aromatic N) is 1. The van der Waals surface area contributed by atoms with Crippen molar-refractivity contribution >= 4 is 16.2 Å². The zero-order chi connectivity index (χ0) is 13.7. The third kappa shape index (κ3) is 5.47. The lowest BCUT2D eigenvalue weighted by atomic mass is 9.98. The first-order chi connectivity index (χ1) is 7.67. The number of hydrogen-bond donors (Lipinski definition) is 2. The summed E-state index contributed by atoms with van der Waals surface area (Å²) in [6.45, 7) is 5.61. The molecule has 6 nitrogen and oxygen atoms in total. The second kappa shape index (κ2) is 6.32. The minimum atomic E-state index is -3.62. The summed E-state index contributed by atoms with van der Waals surface area (Å²) in [6, 6.07) is 0. The number of nitrogens with one attached hydrogen (secondary N) is 1. The van der Waals surface area contributed by atoms with E-state index in [1.54, 1.807) is 0 Å². The molecule has 0 aromatic carbocycles. The molecule has 0 rings (SSSR count). The smallest absolute Gasteiger partial charge is 0.304 e. The molecule has 0 aromatic heterocycles. The van der Waals surface area contributed by atoms with Crippen molar-refractivity contribution in [2.45, 2.75) is 45.6 Å². The Bertz CT molecular complexity index is 349. The average Bonchev–Trinajstić information content (AvgIpc) is 2.24. The highest BCUT2D eigenvalue weighted by atomic mass is 32.2. The summed E-state index contributed by atoms with van der Waals surface area (Å²) >= 11 is 0. The Hall–Kier alpha value is -0.660. The van der Waals surface area contributed by atoms with E-state index in [2.05, 4.69) is 4.72 Å². The molecule has 0 aliphatic heterocycles. The first-order valence-electron chi connectivity index (χ1n) is 5.64. The van der Waals surface area contributed by atoms with Crippen LogP contribution < -0.4 is 4.72 Å². The largest absolute Gasteiger partial charge is 0.481 e. The van der Waals surface area contributed by atoms with Gasteiger partial charge in [0.2, 0.25) is 0 Å². The van der Waals surface area contributed by atoms with Crippen molar-refractivity contribution in [3.63, 3.8) is 0 Å². The number of carbonyl (C=O) groups is 1. The van der Waals surface area contributed by atoms with E-state index in [0.29, 0.717) is 12.8 Å². The van der Waals surface area contributed by atoms with Crippen molar-refractivity contribution in [3.8, 4) is 0 Å². The van der Waals surface area contributed by atoms with E-state index >= 15 is 0 Å². The first-order valence-corrected chi connectivity index (χ1v) is 7.08. The van der Waals surface area contributed by atoms with E-state index < -0.39 is 21.7 Å². The molecule has 0 unspecified atom stereocenters. The van der Waals surface area contributed by atoms with E-state index in [9.17, 15) is 13.2 Å². The summed E-state index contributed by atoms with van der Waals surface area (Å²) in [5, 5.41) is 8.51. The lowest BCUT2D eigenvalue weighted by molar-refractivity contribution is -0.137. The molecule has 0 heterocycles. The van der Waals surface area contributed by atoms with Gasteiger partial charge in [0.25, 0.3) is 10.2 Å². The second-order valence-corrected chi connectivity index (χ2v) is 6.12. The molecule has 0 aliphatic rings. The maximum Gasteiger partial charge on any atom is 0.304 e. The third-order valence-electron chi connectivity index (χ3n) is 2.99. The third-order valence-corrected chi connectivity index (χ3v) is 4.74. The monoisotopic (exact) mass is 266 g/mol. The fourth-order valence-electron chi connectivity index (χ4n) is 1.16. The van der Waals surface area contributed by atoms with Gasteiger partial charge in [-0.1, -0.05) is 13.8 Å². The van der Waals surface area contributed by atoms with Gasteiger partial charge in [-0.25, -0.2) is 0 Å². The Kier molecular flexibility index (Phi) is 6.08. The normalized spacial score (nSPS) is 13.0. The molecule has 102 valence electrons. The Labute approximate surface area is 103 Å². The molecule has 0 saturated carbocycles. The maximum absolute atomic E-state index is 11.9. The van der Waals surface area contributed by atoms with Gasteiger partial charge in [-0.2, -0.15) is 17.4 Å². The van der Waals surface area contributed by atoms with Gasteiger partial charge < -0.3 is 5.11 Å². The van der Waals surface area contributed by atoms with Crippen molar-refractivity contribution in [2.24, 2.45) is 0 Å². The SMILES string of the molecule is CCC(C)(CC)NS(=O)(=O)N(C)CCC(=O)O. The Balaban J connectivity index is 4.62. The summed E-state index contributed by atoms with van der Waals surface area (Å²) < 4.78 is 27.4. The van der Waals surface area contributed by atoms with Crippen molar-refractivity contribution < 1.29 is 18.3 Å². The van der Waals surface area contributed by atoms with Gasteiger partial charge in [0.05, 0.1) is 6.42 Å². The zero-order valence-electron chi connectivity index (χ0n) is 10.9. The summed E-state index contributed by atoms with van der Waals surface area (Å²) in [5.74, 6) is -1.01. The summed E-state index contributed by atoms with van der Waals surface area (Å²) in [7, 11) is -2.25. The predicted octanol–water partition coefficient (Wildman–Crippen LogP) is 0.806. The number of carboxylic acid groups (broad SMARTS) is 1. The minimum Gasteiger partial charge on any atom is -0.481 e. The van der Waals surface area contributed by atoms with E-state index in [0.717, 1.165) is 4.31 Å². The van der Waals surface area contributed by atoms with Crippen molar-refractivity contribution in [1.29, 1.82) is 0 Å². The molecule has 0 atom stereocenters. The predicted molar refractivity (Wildman–Crippen MR) is 65.9 cm³/mol. The number of aliphatic carboxylic acids is 1. The highest BCUT2D eigenvalue weighted by Gasteiger charge is 2.28. The molecule has 0 amide bonds. The van der Waals surface area contributed by atoms with Gasteiger partial charge in [0.15, 0.2) is 0 Å². The van der Waals surface area contributed by atoms with Gasteiger partial charge in [0.1, 0.15) is 0 Å². The number of carboxylic acids is 1. The Morgan fingerprint density at radius 2 is 1.82 bits per heavy atom. The van der Waals surface area contributed by atoms with Crippen LogP contribution in [0.25, 0.3) is 0 Å². The van der Waals surface area contributed by atoms with Crippen LogP contribution in [0, 0.1) is 0 Å². The quantitative estimate of drug-likeness (QED) is 0.680. The zero-order valence-corrected chi connectivity index (χ0v) is 11.7. The molecule has 0 bridgehead atoms. The van der Waals surface area contributed by atoms with Crippen molar-refractivity contribution in [3.05, 3.63) is 0 Å². The topological polar surface area (TPSA) is 86.7 Å². The molecule has 0 fully saturated rings. The first kappa shape index (κ1) is 16.3. The van der Waals surface area contributed by atoms with Gasteiger partial charge in [-0.15, -0.1) is 0 Å². The molecule has 0 spiro atoms. The molecule has 0 aliphatic carbocycles. The highest BCUT2D eigenvalue weighted by molar-refractivity contribution is 7.87. The number of rotatable bonds is 8. The van der Waals surface area contributed by atoms with E-state index in [1.807, 2.05) is 20.8 Å². The molecule has 7 heteroatoms. The average molecular weight is 266 g/mol. The molecular weight excluding hydrogens is 244 g/mol. The maximum atomic E-state index is 11.9. The lowest BCUT2D eigenvalue weighted by Crippen LogP contribution is -2.50. The number of hydrogen-bond acceptors (Lipinski definition) is 3. The van der Waals surface area contributed by atoms with Crippen molar-refractivity contribution in [1.82, 2.24) is 9.03 Å². The van der Waals surface area contributed by atoms with Crippen molar-refractivity contribution in [2.75, 3.05) is 13.6 Å². The van der Waals surface area contributed by atoms with Crippen LogP contribution in [-0.4, -0.2) is 42.9 Å². The summed E-state index contributed by atoms with van der Waals surface area (Å²) in [6.07, 6.45) is 1.15. The van der Waals surface area contributed by atoms with Gasteiger partial charge in [0, 0.05) is 19.1 Å². The Morgan fingerprint density at radius 3 is 2.18 bits per heavy atom. The van der Waals surface area contributed by atoms with Crippen LogP contribution in [0.3, 0.4) is 0 Å². The summed E-state index contributed by atoms with van der Waals surface area (Å²) in [4.78, 5) is 10.4. The molecule has 2 N–H and O–H groups in total. The van der Waals surface area contributed by atoms with E-state index in [4.69, 9.17) is 5.11 Å². The standard InChI is InChI=1S/C10H22N2O4S/c1-5-10(3,6-2)11-17(15,16)12(4)8-7-9(13)14/h11H,5-8H2,1-4H3,(H,13,14). The molecule has 0 saturated heterocycles. The molecule has 0 aromatic rings. The lowest BCUT2D eigenvalue weighted by Gasteiger charge is -2.30. The van der Waals surface area contributed by atoms with Gasteiger partial charge >= 0.3 is 5.97 Å². The fraction of sp³-hybridized carbons (Fsp3) is 0.900. The van der Waals surface area contributed by atoms with Crippen LogP contribution in [0.2, 0.25) is 0 Å². The summed E-state index contributed by atoms with van der Waals surface area (Å²) in [5.41, 5.74) is -0.490. The second-order valence-electron chi connectivity index (χ2n) is 4.34. The molecular formula is C10H22N2O4S. The molecule has 17 heavy (non-hydrogen) atoms. The van der Waals surface area contributed by atoms with Crippen LogP contribution in [0.15, 0.2) is 0 Å². The van der Waals surface area contributed by atoms with E-state index in [-0.39, 0.29) is 13.0 Å². The van der Waals surface area contributed by atoms with Crippen LogP contribution >= 0.6 is 0 Å². The van der Waals surface area contributed by atoms with Crippen LogP contribution in [-0.2, 0) is 15.0 Å². The minimum absolute atomic E-state index is 0.0336. The Morgan fingerprint density at radius 1 is 1.35 bits per heavy atom. The molecule has 0 radical (unpaired) electrons. The van der Waals surface area contributed by atoms with Crippen LogP contribution in [0.4, 0.5) is 0 Å². The van der Waals surface area contributed by atoms with Gasteiger partial charge in [-0.3, -0.25) is 4.79 Å². The van der Waals surface area contributed by atoms with Crippen LogP contribution in [0.1, 0.15) is 40.0 Å².